The Hall–Kier alpha value is -3.06. The molecule has 0 spiro atoms. The number of methoxy groups -OCH3 is 2. The third-order valence-electron chi connectivity index (χ3n) is 5.77. The molecule has 3 heterocycles. The number of ether oxygens (including phenoxy) is 5. The molecule has 3 aliphatic heterocycles. The second kappa shape index (κ2) is 8.71. The van der Waals surface area contributed by atoms with Crippen molar-refractivity contribution in [3.05, 3.63) is 46.5 Å². The van der Waals surface area contributed by atoms with Crippen molar-refractivity contribution in [3.63, 3.8) is 0 Å². The smallest absolute Gasteiger partial charge is 0.394 e. The Bertz CT molecular complexity index is 1190. The zero-order valence-electron chi connectivity index (χ0n) is 18.1. The van der Waals surface area contributed by atoms with Gasteiger partial charge in [0.2, 0.25) is 6.79 Å². The van der Waals surface area contributed by atoms with Gasteiger partial charge in [0.25, 0.3) is 0 Å². The zero-order valence-corrected chi connectivity index (χ0v) is 18.9. The summed E-state index contributed by atoms with van der Waals surface area (Å²) in [5.74, 6) is 2.04. The molecule has 1 unspecified atom stereocenters. The minimum atomic E-state index is -4.67. The zero-order chi connectivity index (χ0) is 23.9. The minimum Gasteiger partial charge on any atom is -0.493 e. The van der Waals surface area contributed by atoms with Crippen molar-refractivity contribution in [1.29, 1.82) is 0 Å². The van der Waals surface area contributed by atoms with Gasteiger partial charge in [-0.1, -0.05) is 6.07 Å². The van der Waals surface area contributed by atoms with E-state index in [0.717, 1.165) is 35.6 Å². The molecular formula is C21H23NO10S. The molecule has 2 atom stereocenters. The van der Waals surface area contributed by atoms with E-state index in [2.05, 4.69) is 4.90 Å². The summed E-state index contributed by atoms with van der Waals surface area (Å²) >= 11 is 0. The van der Waals surface area contributed by atoms with Crippen molar-refractivity contribution in [1.82, 2.24) is 4.90 Å². The van der Waals surface area contributed by atoms with Crippen LogP contribution in [0.4, 0.5) is 0 Å². The van der Waals surface area contributed by atoms with Gasteiger partial charge >= 0.3 is 16.4 Å². The van der Waals surface area contributed by atoms with E-state index < -0.39 is 22.5 Å². The summed E-state index contributed by atoms with van der Waals surface area (Å²) in [6, 6.07) is 7.65. The van der Waals surface area contributed by atoms with Crippen LogP contribution in [-0.4, -0.2) is 63.0 Å². The quantitative estimate of drug-likeness (QED) is 0.492. The summed E-state index contributed by atoms with van der Waals surface area (Å²) < 4.78 is 59.4. The first kappa shape index (κ1) is 23.1. The first-order valence-corrected chi connectivity index (χ1v) is 11.3. The molecule has 0 aliphatic carbocycles. The van der Waals surface area contributed by atoms with Gasteiger partial charge in [-0.3, -0.25) is 14.0 Å². The first-order chi connectivity index (χ1) is 15.6. The summed E-state index contributed by atoms with van der Waals surface area (Å²) in [5.41, 5.74) is 3.54. The third-order valence-corrected chi connectivity index (χ3v) is 5.77. The second-order valence-electron chi connectivity index (χ2n) is 7.62. The Balaban J connectivity index is 0.000000471. The van der Waals surface area contributed by atoms with Crippen molar-refractivity contribution in [2.24, 2.45) is 0 Å². The van der Waals surface area contributed by atoms with Crippen LogP contribution in [0.25, 0.3) is 0 Å². The van der Waals surface area contributed by atoms with Crippen LogP contribution in [0.15, 0.2) is 24.3 Å². The molecular weight excluding hydrogens is 458 g/mol. The van der Waals surface area contributed by atoms with Crippen LogP contribution in [0.5, 0.6) is 23.0 Å². The Morgan fingerprint density at radius 1 is 1.06 bits per heavy atom. The fourth-order valence-corrected chi connectivity index (χ4v) is 4.42. The van der Waals surface area contributed by atoms with Gasteiger partial charge in [-0.25, -0.2) is 4.79 Å². The molecule has 0 amide bonds. The van der Waals surface area contributed by atoms with E-state index in [0.29, 0.717) is 17.1 Å². The van der Waals surface area contributed by atoms with Crippen LogP contribution in [-0.2, 0) is 21.6 Å². The molecule has 0 aromatic heterocycles. The molecule has 2 aromatic rings. The molecule has 12 heteroatoms. The SMILES string of the molecule is COc1ccc2c(c1OC)C(=O)OC2[C@H]1c2cc3c(cc2CCN1C)OCO3.O=S(=O)(O)O. The third kappa shape index (κ3) is 4.42. The molecule has 0 bridgehead atoms. The maximum atomic E-state index is 12.8. The number of rotatable bonds is 3. The van der Waals surface area contributed by atoms with Crippen molar-refractivity contribution in [2.45, 2.75) is 18.6 Å². The fourth-order valence-electron chi connectivity index (χ4n) is 4.42. The van der Waals surface area contributed by atoms with Gasteiger partial charge in [0, 0.05) is 12.1 Å². The van der Waals surface area contributed by atoms with Gasteiger partial charge in [0.15, 0.2) is 23.0 Å². The lowest BCUT2D eigenvalue weighted by molar-refractivity contribution is 0.00934. The summed E-state index contributed by atoms with van der Waals surface area (Å²) in [7, 11) is 0.460. The molecule has 178 valence electrons. The Morgan fingerprint density at radius 2 is 1.73 bits per heavy atom. The highest BCUT2D eigenvalue weighted by molar-refractivity contribution is 7.79. The van der Waals surface area contributed by atoms with E-state index in [4.69, 9.17) is 41.2 Å². The first-order valence-electron chi connectivity index (χ1n) is 9.90. The number of esters is 1. The van der Waals surface area contributed by atoms with Crippen LogP contribution in [0, 0.1) is 0 Å². The van der Waals surface area contributed by atoms with Gasteiger partial charge in [-0.15, -0.1) is 0 Å². The van der Waals surface area contributed by atoms with Gasteiger partial charge < -0.3 is 23.7 Å². The lowest BCUT2D eigenvalue weighted by atomic mass is 9.86. The molecule has 0 saturated carbocycles. The fraction of sp³-hybridized carbons (Fsp3) is 0.381. The molecule has 0 fully saturated rings. The highest BCUT2D eigenvalue weighted by atomic mass is 32.3. The summed E-state index contributed by atoms with van der Waals surface area (Å²) in [6.45, 7) is 1.09. The molecule has 11 nitrogen and oxygen atoms in total. The van der Waals surface area contributed by atoms with Crippen molar-refractivity contribution < 1.29 is 46.0 Å². The Morgan fingerprint density at radius 3 is 2.36 bits per heavy atom. The number of likely N-dealkylation sites (N-methyl/N-ethyl adjacent to an activating group) is 1. The van der Waals surface area contributed by atoms with Gasteiger partial charge in [0.05, 0.1) is 20.3 Å². The van der Waals surface area contributed by atoms with Crippen LogP contribution >= 0.6 is 0 Å². The molecule has 33 heavy (non-hydrogen) atoms. The molecule has 5 rings (SSSR count). The van der Waals surface area contributed by atoms with E-state index in [1.54, 1.807) is 7.11 Å². The number of nitrogens with zero attached hydrogens (tertiary/aromatic N) is 1. The number of carbonyl (C=O) groups is 1. The van der Waals surface area contributed by atoms with Gasteiger partial charge in [-0.2, -0.15) is 8.42 Å². The highest BCUT2D eigenvalue weighted by Gasteiger charge is 2.44. The van der Waals surface area contributed by atoms with Crippen molar-refractivity contribution in [2.75, 3.05) is 34.6 Å². The normalized spacial score (nSPS) is 20.8. The van der Waals surface area contributed by atoms with E-state index in [1.165, 1.54) is 12.7 Å². The summed E-state index contributed by atoms with van der Waals surface area (Å²) in [6.07, 6.45) is 0.463. The van der Waals surface area contributed by atoms with Crippen LogP contribution < -0.4 is 18.9 Å². The van der Waals surface area contributed by atoms with Crippen LogP contribution in [0.2, 0.25) is 0 Å². The minimum absolute atomic E-state index is 0.124. The Labute approximate surface area is 190 Å². The Kier molecular flexibility index (Phi) is 6.10. The van der Waals surface area contributed by atoms with Gasteiger partial charge in [0.1, 0.15) is 11.7 Å². The van der Waals surface area contributed by atoms with Crippen molar-refractivity contribution >= 4 is 16.4 Å². The van der Waals surface area contributed by atoms with Gasteiger partial charge in [-0.05, 0) is 42.8 Å². The molecule has 3 aliphatic rings. The maximum Gasteiger partial charge on any atom is 0.394 e. The predicted octanol–water partition coefficient (Wildman–Crippen LogP) is 2.22. The maximum absolute atomic E-state index is 12.8. The second-order valence-corrected chi connectivity index (χ2v) is 8.51. The van der Waals surface area contributed by atoms with E-state index in [1.807, 2.05) is 31.3 Å². The molecule has 2 N–H and O–H groups in total. The lowest BCUT2D eigenvalue weighted by Crippen LogP contribution is -2.36. The number of hydrogen-bond donors (Lipinski definition) is 2. The predicted molar refractivity (Wildman–Crippen MR) is 114 cm³/mol. The van der Waals surface area contributed by atoms with E-state index >= 15 is 0 Å². The van der Waals surface area contributed by atoms with E-state index in [-0.39, 0.29) is 12.8 Å². The topological polar surface area (TPSA) is 141 Å². The number of hydrogen-bond acceptors (Lipinski definition) is 9. The summed E-state index contributed by atoms with van der Waals surface area (Å²) in [5, 5.41) is 0. The summed E-state index contributed by atoms with van der Waals surface area (Å²) in [4.78, 5) is 15.0. The van der Waals surface area contributed by atoms with Crippen molar-refractivity contribution in [3.8, 4) is 23.0 Å². The van der Waals surface area contributed by atoms with Crippen LogP contribution in [0.1, 0.15) is 39.2 Å². The monoisotopic (exact) mass is 481 g/mol. The number of fused-ring (bicyclic) bond motifs is 3. The standard InChI is InChI=1S/C21H21NO6.H2O4S/c1-22-7-6-11-8-15-16(27-10-26-15)9-13(11)18(22)19-12-4-5-14(24-2)20(25-3)17(12)21(23)28-19;1-5(2,3)4/h4-5,8-9,18-19H,6-7,10H2,1-3H3;(H2,1,2,3,4)/t18-,19?;/m1./s1. The molecule has 2 aromatic carbocycles. The number of carbonyl (C=O) groups excluding carboxylic acids is 1. The number of cyclic esters (lactones) is 1. The number of benzene rings is 2. The average Bonchev–Trinajstić information content (AvgIpc) is 3.34. The van der Waals surface area contributed by atoms with Crippen LogP contribution in [0.3, 0.4) is 0 Å². The van der Waals surface area contributed by atoms with E-state index in [9.17, 15) is 4.79 Å². The largest absolute Gasteiger partial charge is 0.493 e. The molecule has 0 saturated heterocycles. The molecule has 0 radical (unpaired) electrons. The highest BCUT2D eigenvalue weighted by Crippen LogP contribution is 2.50. The lowest BCUT2D eigenvalue weighted by Gasteiger charge is -2.37. The average molecular weight is 481 g/mol.